The van der Waals surface area contributed by atoms with E-state index < -0.39 is 28.0 Å². The molecule has 2 saturated heterocycles. The predicted molar refractivity (Wildman–Crippen MR) is 96.5 cm³/mol. The van der Waals surface area contributed by atoms with E-state index in [0.717, 1.165) is 44.5 Å². The summed E-state index contributed by atoms with van der Waals surface area (Å²) in [5, 5.41) is 0.0935. The molecule has 0 aromatic heterocycles. The van der Waals surface area contributed by atoms with E-state index in [1.165, 1.54) is 18.9 Å². The van der Waals surface area contributed by atoms with Gasteiger partial charge in [-0.2, -0.15) is 13.1 Å². The van der Waals surface area contributed by atoms with Crippen LogP contribution in [0.2, 0.25) is 5.02 Å². The first-order valence-electron chi connectivity index (χ1n) is 9.03. The standard InChI is InChI=1S/C17H22ClFN2O5S/c18-13-6-7-16(14(19)10-13)26-27(23,24)20-17(22)25-11-12-4-3-9-21-8-2-1-5-15(12)21/h6-7,10,12,15H,1-5,8-9,11H2,(H,20,22)/p+1/t12-,15+/m0/s1. The molecule has 1 aromatic rings. The van der Waals surface area contributed by atoms with Crippen molar-refractivity contribution in [2.45, 2.75) is 38.1 Å². The van der Waals surface area contributed by atoms with Crippen molar-refractivity contribution in [3.8, 4) is 5.75 Å². The van der Waals surface area contributed by atoms with E-state index in [1.54, 1.807) is 9.62 Å². The first kappa shape index (κ1) is 20.2. The van der Waals surface area contributed by atoms with Crippen molar-refractivity contribution in [2.75, 3.05) is 19.7 Å². The van der Waals surface area contributed by atoms with E-state index in [1.807, 2.05) is 0 Å². The van der Waals surface area contributed by atoms with Crippen LogP contribution in [0.1, 0.15) is 32.1 Å². The monoisotopic (exact) mass is 421 g/mol. The average molecular weight is 422 g/mol. The van der Waals surface area contributed by atoms with Crippen molar-refractivity contribution in [1.82, 2.24) is 4.72 Å². The predicted octanol–water partition coefficient (Wildman–Crippen LogP) is 1.68. The molecule has 2 N–H and O–H groups in total. The Kier molecular flexibility index (Phi) is 6.44. The summed E-state index contributed by atoms with van der Waals surface area (Å²) in [5.74, 6) is -1.30. The van der Waals surface area contributed by atoms with Gasteiger partial charge < -0.3 is 13.8 Å². The summed E-state index contributed by atoms with van der Waals surface area (Å²) in [6.45, 7) is 2.44. The highest BCUT2D eigenvalue weighted by atomic mass is 35.5. The number of benzene rings is 1. The molecule has 1 unspecified atom stereocenters. The quantitative estimate of drug-likeness (QED) is 0.755. The Hall–Kier alpha value is -1.58. The van der Waals surface area contributed by atoms with Gasteiger partial charge in [0.2, 0.25) is 0 Å². The number of hydrogen-bond acceptors (Lipinski definition) is 5. The third-order valence-electron chi connectivity index (χ3n) is 5.16. The number of nitrogens with one attached hydrogen (secondary N) is 2. The van der Waals surface area contributed by atoms with Gasteiger partial charge in [0.15, 0.2) is 11.6 Å². The van der Waals surface area contributed by atoms with Crippen molar-refractivity contribution >= 4 is 28.0 Å². The minimum absolute atomic E-state index is 0.0935. The molecule has 10 heteroatoms. The lowest BCUT2D eigenvalue weighted by Gasteiger charge is -2.40. The lowest BCUT2D eigenvalue weighted by Crippen LogP contribution is -3.18. The molecule has 3 atom stereocenters. The van der Waals surface area contributed by atoms with E-state index in [0.29, 0.717) is 6.04 Å². The van der Waals surface area contributed by atoms with Gasteiger partial charge in [0.1, 0.15) is 6.61 Å². The first-order valence-corrected chi connectivity index (χ1v) is 10.8. The molecular formula is C17H23ClFN2O5S+. The smallest absolute Gasteiger partial charge is 0.423 e. The molecule has 2 aliphatic rings. The Morgan fingerprint density at radius 2 is 2.04 bits per heavy atom. The molecule has 2 heterocycles. The largest absolute Gasteiger partial charge is 0.448 e. The molecule has 2 aliphatic heterocycles. The van der Waals surface area contributed by atoms with Gasteiger partial charge in [0.05, 0.1) is 19.1 Å². The highest BCUT2D eigenvalue weighted by Gasteiger charge is 2.37. The first-order chi connectivity index (χ1) is 12.8. The molecule has 27 heavy (non-hydrogen) atoms. The van der Waals surface area contributed by atoms with E-state index in [9.17, 15) is 17.6 Å². The third kappa shape index (κ3) is 5.46. The lowest BCUT2D eigenvalue weighted by molar-refractivity contribution is -0.940. The number of fused-ring (bicyclic) bond motifs is 1. The highest BCUT2D eigenvalue weighted by Crippen LogP contribution is 2.23. The number of amides is 1. The molecule has 7 nitrogen and oxygen atoms in total. The van der Waals surface area contributed by atoms with Crippen LogP contribution in [-0.2, 0) is 15.0 Å². The zero-order chi connectivity index (χ0) is 19.4. The summed E-state index contributed by atoms with van der Waals surface area (Å²) in [7, 11) is -4.56. The van der Waals surface area contributed by atoms with Gasteiger partial charge in [-0.25, -0.2) is 9.18 Å². The van der Waals surface area contributed by atoms with Crippen LogP contribution >= 0.6 is 11.6 Å². The van der Waals surface area contributed by atoms with Gasteiger partial charge in [-0.05, 0) is 50.3 Å². The molecule has 0 spiro atoms. The van der Waals surface area contributed by atoms with E-state index in [-0.39, 0.29) is 17.5 Å². The summed E-state index contributed by atoms with van der Waals surface area (Å²) in [6.07, 6.45) is 4.39. The number of piperidine rings is 2. The zero-order valence-electron chi connectivity index (χ0n) is 14.7. The van der Waals surface area contributed by atoms with Crippen LogP contribution in [0.25, 0.3) is 0 Å². The summed E-state index contributed by atoms with van der Waals surface area (Å²) in [5.41, 5.74) is 0. The lowest BCUT2D eigenvalue weighted by atomic mass is 9.84. The van der Waals surface area contributed by atoms with Gasteiger partial charge >= 0.3 is 16.4 Å². The van der Waals surface area contributed by atoms with Gasteiger partial charge in [-0.3, -0.25) is 0 Å². The van der Waals surface area contributed by atoms with Crippen LogP contribution < -0.4 is 13.8 Å². The second-order valence-electron chi connectivity index (χ2n) is 6.98. The summed E-state index contributed by atoms with van der Waals surface area (Å²) in [4.78, 5) is 13.4. The molecule has 0 radical (unpaired) electrons. The maximum Gasteiger partial charge on any atom is 0.423 e. The van der Waals surface area contributed by atoms with Crippen molar-refractivity contribution < 1.29 is 31.4 Å². The number of carbonyl (C=O) groups is 1. The van der Waals surface area contributed by atoms with Crippen LogP contribution in [0, 0.1) is 11.7 Å². The Labute approximate surface area is 163 Å². The van der Waals surface area contributed by atoms with E-state index in [2.05, 4.69) is 4.18 Å². The number of quaternary nitrogens is 1. The third-order valence-corrected chi connectivity index (χ3v) is 6.21. The van der Waals surface area contributed by atoms with Crippen molar-refractivity contribution in [3.63, 3.8) is 0 Å². The van der Waals surface area contributed by atoms with Crippen LogP contribution in [0.5, 0.6) is 5.75 Å². The second kappa shape index (κ2) is 8.62. The molecule has 150 valence electrons. The normalized spacial score (nSPS) is 25.3. The van der Waals surface area contributed by atoms with Crippen molar-refractivity contribution in [1.29, 1.82) is 0 Å². The van der Waals surface area contributed by atoms with Crippen LogP contribution in [0.15, 0.2) is 18.2 Å². The summed E-state index contributed by atoms with van der Waals surface area (Å²) < 4.78 is 48.7. The van der Waals surface area contributed by atoms with Crippen molar-refractivity contribution in [2.24, 2.45) is 5.92 Å². The zero-order valence-corrected chi connectivity index (χ0v) is 16.3. The highest BCUT2D eigenvalue weighted by molar-refractivity contribution is 7.85. The second-order valence-corrected chi connectivity index (χ2v) is 8.69. The topological polar surface area (TPSA) is 86.1 Å². The summed E-state index contributed by atoms with van der Waals surface area (Å²) in [6, 6.07) is 3.70. The number of hydrogen-bond donors (Lipinski definition) is 2. The Morgan fingerprint density at radius 3 is 2.81 bits per heavy atom. The Morgan fingerprint density at radius 1 is 1.26 bits per heavy atom. The maximum atomic E-state index is 13.6. The van der Waals surface area contributed by atoms with Crippen LogP contribution in [0.4, 0.5) is 9.18 Å². The fourth-order valence-corrected chi connectivity index (χ4v) is 4.81. The SMILES string of the molecule is O=C(NS(=O)(=O)Oc1ccc(Cl)cc1F)OC[C@@H]1CCC[NH+]2CCCC[C@H]12. The molecule has 0 bridgehead atoms. The fourth-order valence-electron chi connectivity index (χ4n) is 3.97. The molecule has 1 amide bonds. The van der Waals surface area contributed by atoms with Gasteiger partial charge in [-0.1, -0.05) is 11.6 Å². The molecular weight excluding hydrogens is 399 g/mol. The molecule has 1 aromatic carbocycles. The minimum Gasteiger partial charge on any atom is -0.448 e. The van der Waals surface area contributed by atoms with Crippen LogP contribution in [-0.4, -0.2) is 40.2 Å². The number of rotatable bonds is 5. The Balaban J connectivity index is 1.52. The number of carbonyl (C=O) groups excluding carboxylic acids is 1. The van der Waals surface area contributed by atoms with Gasteiger partial charge in [0, 0.05) is 10.9 Å². The van der Waals surface area contributed by atoms with Gasteiger partial charge in [-0.15, -0.1) is 0 Å². The van der Waals surface area contributed by atoms with Crippen molar-refractivity contribution in [3.05, 3.63) is 29.0 Å². The maximum absolute atomic E-state index is 13.6. The molecule has 2 fully saturated rings. The van der Waals surface area contributed by atoms with Crippen LogP contribution in [0.3, 0.4) is 0 Å². The molecule has 0 aliphatic carbocycles. The average Bonchev–Trinajstić information content (AvgIpc) is 2.62. The Bertz CT molecular complexity index is 790. The van der Waals surface area contributed by atoms with E-state index >= 15 is 0 Å². The number of ether oxygens (including phenoxy) is 1. The van der Waals surface area contributed by atoms with E-state index in [4.69, 9.17) is 16.3 Å². The fraction of sp³-hybridized carbons (Fsp3) is 0.588. The minimum atomic E-state index is -4.56. The summed E-state index contributed by atoms with van der Waals surface area (Å²) >= 11 is 5.60. The molecule has 0 saturated carbocycles. The molecule has 3 rings (SSSR count). The number of halogens is 2. The van der Waals surface area contributed by atoms with Gasteiger partial charge in [0.25, 0.3) is 0 Å².